The predicted octanol–water partition coefficient (Wildman–Crippen LogP) is 6.60. The number of aromatic nitrogens is 3. The predicted molar refractivity (Wildman–Crippen MR) is 142 cm³/mol. The van der Waals surface area contributed by atoms with E-state index < -0.39 is 6.04 Å². The van der Waals surface area contributed by atoms with Gasteiger partial charge in [-0.1, -0.05) is 65.3 Å². The second-order valence-corrected chi connectivity index (χ2v) is 9.90. The van der Waals surface area contributed by atoms with E-state index in [1.165, 1.54) is 35.0 Å². The van der Waals surface area contributed by atoms with Gasteiger partial charge in [0.25, 0.3) is 5.91 Å². The van der Waals surface area contributed by atoms with Crippen LogP contribution in [0.4, 0.5) is 16.0 Å². The van der Waals surface area contributed by atoms with E-state index in [4.69, 9.17) is 16.7 Å². The lowest BCUT2D eigenvalue weighted by atomic mass is 9.95. The van der Waals surface area contributed by atoms with E-state index in [1.54, 1.807) is 41.1 Å². The molecule has 36 heavy (non-hydrogen) atoms. The number of anilines is 2. The number of allylic oxidation sites excluding steroid dienone is 1. The van der Waals surface area contributed by atoms with Gasteiger partial charge in [0.15, 0.2) is 0 Å². The van der Waals surface area contributed by atoms with E-state index in [0.717, 1.165) is 5.56 Å². The smallest absolute Gasteiger partial charge is 0.255 e. The fraction of sp³-hybridized carbons (Fsp3) is 0.148. The van der Waals surface area contributed by atoms with Gasteiger partial charge in [-0.25, -0.2) is 9.07 Å². The minimum atomic E-state index is -0.588. The molecule has 2 N–H and O–H groups in total. The van der Waals surface area contributed by atoms with Crippen molar-refractivity contribution >= 4 is 40.9 Å². The van der Waals surface area contributed by atoms with Crippen molar-refractivity contribution in [3.05, 3.63) is 112 Å². The molecule has 0 unspecified atom stereocenters. The Morgan fingerprint density at radius 3 is 2.58 bits per heavy atom. The third-order valence-corrected chi connectivity index (χ3v) is 6.98. The van der Waals surface area contributed by atoms with Crippen molar-refractivity contribution in [2.24, 2.45) is 0 Å². The van der Waals surface area contributed by atoms with Crippen molar-refractivity contribution in [1.29, 1.82) is 0 Å². The molecular formula is C27H23ClFN5OS. The normalized spacial score (nSPS) is 14.8. The van der Waals surface area contributed by atoms with E-state index >= 15 is 0 Å². The summed E-state index contributed by atoms with van der Waals surface area (Å²) in [6.07, 6.45) is 0. The third-order valence-electron chi connectivity index (χ3n) is 5.82. The average Bonchev–Trinajstić information content (AvgIpc) is 3.26. The van der Waals surface area contributed by atoms with E-state index in [9.17, 15) is 9.18 Å². The van der Waals surface area contributed by atoms with E-state index in [1.807, 2.05) is 13.0 Å². The summed E-state index contributed by atoms with van der Waals surface area (Å²) >= 11 is 7.50. The van der Waals surface area contributed by atoms with Gasteiger partial charge in [0.2, 0.25) is 11.1 Å². The number of carbonyl (C=O) groups is 1. The quantitative estimate of drug-likeness (QED) is 0.281. The van der Waals surface area contributed by atoms with Crippen molar-refractivity contribution in [1.82, 2.24) is 14.8 Å². The first-order valence-electron chi connectivity index (χ1n) is 11.3. The fourth-order valence-electron chi connectivity index (χ4n) is 4.12. The molecule has 1 atom stereocenters. The van der Waals surface area contributed by atoms with Gasteiger partial charge >= 0.3 is 0 Å². The van der Waals surface area contributed by atoms with Crippen LogP contribution in [-0.2, 0) is 10.5 Å². The van der Waals surface area contributed by atoms with Crippen LogP contribution in [0, 0.1) is 12.7 Å². The second-order valence-electron chi connectivity index (χ2n) is 8.52. The van der Waals surface area contributed by atoms with Crippen molar-refractivity contribution in [2.45, 2.75) is 30.8 Å². The molecule has 182 valence electrons. The van der Waals surface area contributed by atoms with Gasteiger partial charge in [-0.3, -0.25) is 4.79 Å². The molecule has 0 saturated carbocycles. The molecular weight excluding hydrogens is 497 g/mol. The molecule has 5 rings (SSSR count). The van der Waals surface area contributed by atoms with Crippen LogP contribution < -0.4 is 10.6 Å². The number of halogens is 2. The van der Waals surface area contributed by atoms with Gasteiger partial charge in [-0.05, 0) is 61.4 Å². The summed E-state index contributed by atoms with van der Waals surface area (Å²) in [4.78, 5) is 18.2. The van der Waals surface area contributed by atoms with Gasteiger partial charge < -0.3 is 10.6 Å². The van der Waals surface area contributed by atoms with Crippen molar-refractivity contribution < 1.29 is 9.18 Å². The zero-order valence-electron chi connectivity index (χ0n) is 19.6. The number of carbonyl (C=O) groups excluding carboxylic acids is 1. The highest BCUT2D eigenvalue weighted by Crippen LogP contribution is 2.37. The van der Waals surface area contributed by atoms with Gasteiger partial charge in [-0.2, -0.15) is 4.98 Å². The largest absolute Gasteiger partial charge is 0.328 e. The Balaban J connectivity index is 1.48. The number of nitrogens with one attached hydrogen (secondary N) is 2. The Morgan fingerprint density at radius 2 is 1.86 bits per heavy atom. The fourth-order valence-corrected chi connectivity index (χ4v) is 5.02. The van der Waals surface area contributed by atoms with E-state index in [-0.39, 0.29) is 11.7 Å². The third kappa shape index (κ3) is 5.15. The van der Waals surface area contributed by atoms with Crippen LogP contribution in [-0.4, -0.2) is 20.7 Å². The Hall–Kier alpha value is -3.62. The molecule has 0 bridgehead atoms. The first-order chi connectivity index (χ1) is 17.4. The molecule has 1 amide bonds. The second kappa shape index (κ2) is 10.2. The Morgan fingerprint density at radius 1 is 1.11 bits per heavy atom. The lowest BCUT2D eigenvalue weighted by Gasteiger charge is -2.28. The molecule has 1 aliphatic rings. The van der Waals surface area contributed by atoms with Crippen molar-refractivity contribution in [3.8, 4) is 0 Å². The highest BCUT2D eigenvalue weighted by Gasteiger charge is 2.34. The highest BCUT2D eigenvalue weighted by molar-refractivity contribution is 7.98. The molecule has 0 spiro atoms. The average molecular weight is 520 g/mol. The minimum Gasteiger partial charge on any atom is -0.328 e. The zero-order valence-corrected chi connectivity index (χ0v) is 21.2. The zero-order chi connectivity index (χ0) is 25.2. The van der Waals surface area contributed by atoms with Crippen LogP contribution in [0.3, 0.4) is 0 Å². The molecule has 9 heteroatoms. The van der Waals surface area contributed by atoms with E-state index in [0.29, 0.717) is 38.8 Å². The number of amides is 1. The summed E-state index contributed by atoms with van der Waals surface area (Å²) in [5, 5.41) is 12.1. The number of thioether (sulfide) groups is 1. The van der Waals surface area contributed by atoms with Crippen molar-refractivity contribution in [2.75, 3.05) is 10.6 Å². The summed E-state index contributed by atoms with van der Waals surface area (Å²) in [7, 11) is 0. The summed E-state index contributed by atoms with van der Waals surface area (Å²) in [6, 6.07) is 20.7. The number of rotatable bonds is 6. The maximum atomic E-state index is 13.7. The van der Waals surface area contributed by atoms with Gasteiger partial charge in [0.1, 0.15) is 11.9 Å². The summed E-state index contributed by atoms with van der Waals surface area (Å²) in [6.45, 7) is 3.88. The molecule has 4 aromatic rings. The van der Waals surface area contributed by atoms with Gasteiger partial charge in [0, 0.05) is 22.2 Å². The molecule has 0 radical (unpaired) electrons. The van der Waals surface area contributed by atoms with Crippen LogP contribution in [0.15, 0.2) is 89.2 Å². The van der Waals surface area contributed by atoms with Gasteiger partial charge in [0.05, 0.1) is 5.57 Å². The monoisotopic (exact) mass is 519 g/mol. The molecule has 3 aromatic carbocycles. The van der Waals surface area contributed by atoms with Gasteiger partial charge in [-0.15, -0.1) is 5.10 Å². The number of fused-ring (bicyclic) bond motifs is 1. The number of hydrogen-bond acceptors (Lipinski definition) is 5. The van der Waals surface area contributed by atoms with Crippen LogP contribution in [0.1, 0.15) is 29.7 Å². The van der Waals surface area contributed by atoms with Crippen LogP contribution in [0.2, 0.25) is 5.02 Å². The summed E-state index contributed by atoms with van der Waals surface area (Å²) < 4.78 is 15.4. The molecule has 6 nitrogen and oxygen atoms in total. The Labute approximate surface area is 217 Å². The molecule has 1 aliphatic heterocycles. The lowest BCUT2D eigenvalue weighted by molar-refractivity contribution is -0.113. The molecule has 0 fully saturated rings. The number of aryl methyl sites for hydroxylation is 1. The SMILES string of the molecule is CC1=C(C(=O)Nc2ccc(Cl)cc2)[C@H](c2ccc(F)cc2)n2nc(SCc3cccc(C)c3)nc2N1. The summed E-state index contributed by atoms with van der Waals surface area (Å²) in [5.41, 5.74) is 4.81. The van der Waals surface area contributed by atoms with E-state index in [2.05, 4.69) is 40.7 Å². The Bertz CT molecular complexity index is 1450. The number of benzene rings is 3. The standard InChI is InChI=1S/C27H23ClFN5OS/c1-16-4-3-5-18(14-16)15-36-27-32-26-30-17(2)23(25(35)31-22-12-8-20(28)9-13-22)24(34(26)33-27)19-6-10-21(29)11-7-19/h3-14,24H,15H2,1-2H3,(H,31,35)(H,30,32,33)/t24-/m0/s1. The molecule has 0 aliphatic carbocycles. The first kappa shape index (κ1) is 24.1. The first-order valence-corrected chi connectivity index (χ1v) is 12.7. The maximum absolute atomic E-state index is 13.7. The lowest BCUT2D eigenvalue weighted by Crippen LogP contribution is -2.31. The summed E-state index contributed by atoms with van der Waals surface area (Å²) in [5.74, 6) is 0.583. The number of nitrogens with zero attached hydrogens (tertiary/aromatic N) is 3. The van der Waals surface area contributed by atoms with Crippen LogP contribution in [0.25, 0.3) is 0 Å². The molecule has 2 heterocycles. The number of hydrogen-bond donors (Lipinski definition) is 2. The topological polar surface area (TPSA) is 71.8 Å². The highest BCUT2D eigenvalue weighted by atomic mass is 35.5. The van der Waals surface area contributed by atoms with Crippen molar-refractivity contribution in [3.63, 3.8) is 0 Å². The van der Waals surface area contributed by atoms with Crippen LogP contribution >= 0.6 is 23.4 Å². The minimum absolute atomic E-state index is 0.299. The molecule has 1 aromatic heterocycles. The molecule has 0 saturated heterocycles. The van der Waals surface area contributed by atoms with Crippen LogP contribution in [0.5, 0.6) is 0 Å². The maximum Gasteiger partial charge on any atom is 0.255 e. The Kier molecular flexibility index (Phi) is 6.80.